The lowest BCUT2D eigenvalue weighted by Gasteiger charge is -2.11. The molecule has 106 valence electrons. The fraction of sp³-hybridized carbons (Fsp3) is 0.176. The maximum absolute atomic E-state index is 12.6. The third kappa shape index (κ3) is 2.54. The standard InChI is InChI=1S/C17H16N2OS/c1-11-4-6-14(7-5-11)19-17(20)15(13(3)18-19)10-16-12(2)8-9-21-16/h4-10H,1-3H3/b15-10+. The molecule has 1 aromatic carbocycles. The van der Waals surface area contributed by atoms with Crippen LogP contribution in [0.3, 0.4) is 0 Å². The van der Waals surface area contributed by atoms with Crippen molar-refractivity contribution in [3.05, 3.63) is 57.3 Å². The van der Waals surface area contributed by atoms with E-state index in [0.717, 1.165) is 21.8 Å². The predicted octanol–water partition coefficient (Wildman–Crippen LogP) is 4.17. The van der Waals surface area contributed by atoms with Gasteiger partial charge in [-0.25, -0.2) is 0 Å². The van der Waals surface area contributed by atoms with Crippen LogP contribution >= 0.6 is 11.3 Å². The molecule has 1 aromatic heterocycles. The third-order valence-electron chi connectivity index (χ3n) is 3.52. The van der Waals surface area contributed by atoms with Gasteiger partial charge in [0.2, 0.25) is 0 Å². The zero-order valence-corrected chi connectivity index (χ0v) is 13.1. The molecule has 3 rings (SSSR count). The van der Waals surface area contributed by atoms with Crippen molar-refractivity contribution in [2.24, 2.45) is 5.10 Å². The lowest BCUT2D eigenvalue weighted by atomic mass is 10.1. The van der Waals surface area contributed by atoms with E-state index in [1.165, 1.54) is 10.6 Å². The molecule has 0 spiro atoms. The molecule has 0 atom stereocenters. The molecule has 0 saturated heterocycles. The van der Waals surface area contributed by atoms with Crippen molar-refractivity contribution in [3.8, 4) is 0 Å². The number of amides is 1. The number of benzene rings is 1. The van der Waals surface area contributed by atoms with Crippen LogP contribution in [-0.4, -0.2) is 11.6 Å². The van der Waals surface area contributed by atoms with Gasteiger partial charge in [0.15, 0.2) is 0 Å². The summed E-state index contributed by atoms with van der Waals surface area (Å²) in [5.74, 6) is -0.0656. The minimum absolute atomic E-state index is 0.0656. The summed E-state index contributed by atoms with van der Waals surface area (Å²) in [5, 5.41) is 7.91. The Labute approximate surface area is 128 Å². The van der Waals surface area contributed by atoms with E-state index in [9.17, 15) is 4.79 Å². The van der Waals surface area contributed by atoms with Gasteiger partial charge < -0.3 is 0 Å². The molecule has 0 bridgehead atoms. The van der Waals surface area contributed by atoms with Crippen molar-refractivity contribution in [1.82, 2.24) is 0 Å². The molecule has 1 aliphatic heterocycles. The average Bonchev–Trinajstić information content (AvgIpc) is 2.98. The third-order valence-corrected chi connectivity index (χ3v) is 4.48. The summed E-state index contributed by atoms with van der Waals surface area (Å²) in [5.41, 5.74) is 4.57. The summed E-state index contributed by atoms with van der Waals surface area (Å²) in [6, 6.07) is 9.87. The van der Waals surface area contributed by atoms with Gasteiger partial charge in [0.25, 0.3) is 5.91 Å². The summed E-state index contributed by atoms with van der Waals surface area (Å²) >= 11 is 1.64. The van der Waals surface area contributed by atoms with Gasteiger partial charge in [0, 0.05) is 4.88 Å². The first-order valence-corrected chi connectivity index (χ1v) is 7.67. The predicted molar refractivity (Wildman–Crippen MR) is 88.8 cm³/mol. The average molecular weight is 296 g/mol. The SMILES string of the molecule is CC1=NN(c2ccc(C)cc2)C(=O)/C1=C/c1sccc1C. The van der Waals surface area contributed by atoms with E-state index in [2.05, 4.69) is 11.2 Å². The molecule has 4 heteroatoms. The number of aryl methyl sites for hydroxylation is 2. The molecule has 1 aliphatic rings. The van der Waals surface area contributed by atoms with Crippen LogP contribution in [-0.2, 0) is 4.79 Å². The van der Waals surface area contributed by atoms with Crippen LogP contribution in [0.5, 0.6) is 0 Å². The van der Waals surface area contributed by atoms with Gasteiger partial charge in [-0.2, -0.15) is 10.1 Å². The molecular formula is C17H16N2OS. The van der Waals surface area contributed by atoms with E-state index in [1.54, 1.807) is 11.3 Å². The zero-order chi connectivity index (χ0) is 15.0. The second kappa shape index (κ2) is 5.30. The Morgan fingerprint density at radius 3 is 2.43 bits per heavy atom. The number of hydrazone groups is 1. The first kappa shape index (κ1) is 13.8. The number of hydrogen-bond acceptors (Lipinski definition) is 3. The molecule has 2 heterocycles. The van der Waals surface area contributed by atoms with Gasteiger partial charge in [-0.05, 0) is 56.0 Å². The van der Waals surface area contributed by atoms with E-state index in [1.807, 2.05) is 56.5 Å². The van der Waals surface area contributed by atoms with Crippen molar-refractivity contribution in [2.75, 3.05) is 5.01 Å². The van der Waals surface area contributed by atoms with E-state index >= 15 is 0 Å². The Morgan fingerprint density at radius 2 is 1.81 bits per heavy atom. The van der Waals surface area contributed by atoms with Crippen LogP contribution in [0.15, 0.2) is 46.4 Å². The van der Waals surface area contributed by atoms with Crippen molar-refractivity contribution in [2.45, 2.75) is 20.8 Å². The molecule has 1 amide bonds. The number of carbonyl (C=O) groups is 1. The fourth-order valence-corrected chi connectivity index (χ4v) is 3.07. The van der Waals surface area contributed by atoms with Gasteiger partial charge in [0.05, 0.1) is 17.0 Å². The van der Waals surface area contributed by atoms with Gasteiger partial charge in [0.1, 0.15) is 0 Å². The minimum atomic E-state index is -0.0656. The summed E-state index contributed by atoms with van der Waals surface area (Å²) in [7, 11) is 0. The van der Waals surface area contributed by atoms with Crippen LogP contribution in [0.4, 0.5) is 5.69 Å². The largest absolute Gasteiger partial charge is 0.280 e. The first-order valence-electron chi connectivity index (χ1n) is 6.79. The van der Waals surface area contributed by atoms with E-state index in [-0.39, 0.29) is 5.91 Å². The Bertz CT molecular complexity index is 753. The second-order valence-corrected chi connectivity index (χ2v) is 6.11. The van der Waals surface area contributed by atoms with Gasteiger partial charge in [-0.1, -0.05) is 17.7 Å². The molecule has 2 aromatic rings. The monoisotopic (exact) mass is 296 g/mol. The lowest BCUT2D eigenvalue weighted by molar-refractivity contribution is -0.114. The first-order chi connectivity index (χ1) is 10.1. The van der Waals surface area contributed by atoms with E-state index < -0.39 is 0 Å². The highest BCUT2D eigenvalue weighted by Gasteiger charge is 2.28. The maximum atomic E-state index is 12.6. The van der Waals surface area contributed by atoms with Crippen LogP contribution in [0.2, 0.25) is 0 Å². The zero-order valence-electron chi connectivity index (χ0n) is 12.3. The van der Waals surface area contributed by atoms with Crippen molar-refractivity contribution >= 4 is 34.7 Å². The van der Waals surface area contributed by atoms with Crippen molar-refractivity contribution in [1.29, 1.82) is 0 Å². The Balaban J connectivity index is 1.96. The molecule has 0 fully saturated rings. The van der Waals surface area contributed by atoms with Crippen LogP contribution in [0, 0.1) is 13.8 Å². The number of carbonyl (C=O) groups excluding carboxylic acids is 1. The summed E-state index contributed by atoms with van der Waals surface area (Å²) < 4.78 is 0. The molecule has 0 saturated carbocycles. The van der Waals surface area contributed by atoms with Crippen LogP contribution in [0.1, 0.15) is 22.9 Å². The van der Waals surface area contributed by atoms with Gasteiger partial charge in [-0.3, -0.25) is 4.79 Å². The van der Waals surface area contributed by atoms with E-state index in [0.29, 0.717) is 5.57 Å². The summed E-state index contributed by atoms with van der Waals surface area (Å²) in [4.78, 5) is 13.7. The highest BCUT2D eigenvalue weighted by atomic mass is 32.1. The van der Waals surface area contributed by atoms with Crippen LogP contribution < -0.4 is 5.01 Å². The minimum Gasteiger partial charge on any atom is -0.267 e. The number of thiophene rings is 1. The Morgan fingerprint density at radius 1 is 1.10 bits per heavy atom. The molecule has 0 radical (unpaired) electrons. The molecule has 3 nitrogen and oxygen atoms in total. The quantitative estimate of drug-likeness (QED) is 0.765. The molecular weight excluding hydrogens is 280 g/mol. The number of rotatable bonds is 2. The molecule has 0 aliphatic carbocycles. The van der Waals surface area contributed by atoms with Crippen LogP contribution in [0.25, 0.3) is 6.08 Å². The molecule has 0 N–H and O–H groups in total. The highest BCUT2D eigenvalue weighted by Crippen LogP contribution is 2.27. The number of nitrogens with zero attached hydrogens (tertiary/aromatic N) is 2. The topological polar surface area (TPSA) is 32.7 Å². The second-order valence-electron chi connectivity index (χ2n) is 5.16. The Hall–Kier alpha value is -2.20. The summed E-state index contributed by atoms with van der Waals surface area (Å²) in [6.07, 6.45) is 1.94. The van der Waals surface area contributed by atoms with Crippen molar-refractivity contribution < 1.29 is 4.79 Å². The van der Waals surface area contributed by atoms with Gasteiger partial charge >= 0.3 is 0 Å². The summed E-state index contributed by atoms with van der Waals surface area (Å²) in [6.45, 7) is 5.95. The van der Waals surface area contributed by atoms with Gasteiger partial charge in [-0.15, -0.1) is 11.3 Å². The number of anilines is 1. The maximum Gasteiger partial charge on any atom is 0.280 e. The molecule has 21 heavy (non-hydrogen) atoms. The molecule has 0 unspecified atom stereocenters. The highest BCUT2D eigenvalue weighted by molar-refractivity contribution is 7.11. The number of hydrogen-bond donors (Lipinski definition) is 0. The smallest absolute Gasteiger partial charge is 0.267 e. The lowest BCUT2D eigenvalue weighted by Crippen LogP contribution is -2.21. The van der Waals surface area contributed by atoms with Crippen molar-refractivity contribution in [3.63, 3.8) is 0 Å². The Kier molecular flexibility index (Phi) is 3.47. The normalized spacial score (nSPS) is 16.7. The fourth-order valence-electron chi connectivity index (χ4n) is 2.21. The van der Waals surface area contributed by atoms with E-state index in [4.69, 9.17) is 0 Å².